The molecule has 1 aromatic carbocycles. The lowest BCUT2D eigenvalue weighted by atomic mass is 10.1. The van der Waals surface area contributed by atoms with E-state index in [1.165, 1.54) is 0 Å². The molecule has 0 amide bonds. The van der Waals surface area contributed by atoms with Crippen molar-refractivity contribution >= 4 is 11.8 Å². The molecule has 0 saturated carbocycles. The highest BCUT2D eigenvalue weighted by atomic mass is 32.2. The van der Waals surface area contributed by atoms with Crippen molar-refractivity contribution in [1.29, 1.82) is 0 Å². The summed E-state index contributed by atoms with van der Waals surface area (Å²) >= 11 is 1.67. The topological polar surface area (TPSA) is 61.6 Å². The summed E-state index contributed by atoms with van der Waals surface area (Å²) in [5, 5.41) is 11.2. The Morgan fingerprint density at radius 1 is 1.20 bits per heavy atom. The number of methoxy groups -OCH3 is 2. The van der Waals surface area contributed by atoms with Crippen LogP contribution in [0.25, 0.3) is 0 Å². The maximum Gasteiger partial charge on any atom is 0.214 e. The quantitative estimate of drug-likeness (QED) is 0.438. The van der Waals surface area contributed by atoms with Crippen LogP contribution in [0.15, 0.2) is 17.0 Å². The zero-order chi connectivity index (χ0) is 15.3. The summed E-state index contributed by atoms with van der Waals surface area (Å²) < 4.78 is 10.7. The molecule has 0 aromatic heterocycles. The van der Waals surface area contributed by atoms with Crippen molar-refractivity contribution in [2.75, 3.05) is 14.2 Å². The number of ether oxygens (including phenoxy) is 2. The van der Waals surface area contributed by atoms with Crippen LogP contribution in [0, 0.1) is 10.1 Å². The second-order valence-electron chi connectivity index (χ2n) is 4.82. The fourth-order valence-corrected chi connectivity index (χ4v) is 2.77. The Balaban J connectivity index is 3.14. The Kier molecular flexibility index (Phi) is 6.13. The molecule has 0 bridgehead atoms. The first-order valence-electron chi connectivity index (χ1n) is 6.44. The average Bonchev–Trinajstić information content (AvgIpc) is 2.38. The summed E-state index contributed by atoms with van der Waals surface area (Å²) in [7, 11) is 3.18. The molecule has 0 radical (unpaired) electrons. The number of rotatable bonds is 7. The largest absolute Gasteiger partial charge is 0.496 e. The summed E-state index contributed by atoms with van der Waals surface area (Å²) in [6, 6.07) is 3.08. The summed E-state index contributed by atoms with van der Waals surface area (Å²) in [6.45, 7) is 5.78. The minimum atomic E-state index is -0.655. The third-order valence-electron chi connectivity index (χ3n) is 2.80. The van der Waals surface area contributed by atoms with Gasteiger partial charge in [0.2, 0.25) is 6.04 Å². The van der Waals surface area contributed by atoms with E-state index in [1.54, 1.807) is 32.9 Å². The molecule has 1 aromatic rings. The van der Waals surface area contributed by atoms with E-state index in [2.05, 4.69) is 13.8 Å². The lowest BCUT2D eigenvalue weighted by molar-refractivity contribution is -0.517. The van der Waals surface area contributed by atoms with Gasteiger partial charge in [-0.1, -0.05) is 13.8 Å². The molecule has 0 spiro atoms. The number of nitro groups is 1. The average molecular weight is 299 g/mol. The van der Waals surface area contributed by atoms with Gasteiger partial charge in [0.25, 0.3) is 0 Å². The van der Waals surface area contributed by atoms with Gasteiger partial charge in [-0.3, -0.25) is 10.1 Å². The maximum absolute atomic E-state index is 10.8. The van der Waals surface area contributed by atoms with Crippen LogP contribution < -0.4 is 9.47 Å². The van der Waals surface area contributed by atoms with E-state index < -0.39 is 6.04 Å². The predicted molar refractivity (Wildman–Crippen MR) is 80.7 cm³/mol. The first kappa shape index (κ1) is 16.6. The van der Waals surface area contributed by atoms with Crippen LogP contribution in [0.2, 0.25) is 0 Å². The Bertz CT molecular complexity index is 476. The molecule has 112 valence electrons. The van der Waals surface area contributed by atoms with Crippen molar-refractivity contribution in [3.63, 3.8) is 0 Å². The second kappa shape index (κ2) is 7.38. The monoisotopic (exact) mass is 299 g/mol. The molecule has 1 rings (SSSR count). The van der Waals surface area contributed by atoms with Gasteiger partial charge in [-0.05, 0) is 12.1 Å². The summed E-state index contributed by atoms with van der Waals surface area (Å²) in [5.41, 5.74) is 0.793. The number of benzene rings is 1. The van der Waals surface area contributed by atoms with Gasteiger partial charge in [0.15, 0.2) is 0 Å². The SMILES string of the molecule is COc1cc(SC(C)C)c(OC)cc1CC(C)[N+](=O)[O-]. The molecule has 0 saturated heterocycles. The van der Waals surface area contributed by atoms with E-state index in [-0.39, 0.29) is 4.92 Å². The lowest BCUT2D eigenvalue weighted by Gasteiger charge is -2.16. The van der Waals surface area contributed by atoms with Crippen molar-refractivity contribution < 1.29 is 14.4 Å². The standard InChI is InChI=1S/C14H21NO4S/c1-9(2)20-14-8-12(18-4)11(7-13(14)19-5)6-10(3)15(16)17/h7-10H,6H2,1-5H3. The first-order valence-corrected chi connectivity index (χ1v) is 7.32. The van der Waals surface area contributed by atoms with Crippen molar-refractivity contribution in [2.24, 2.45) is 0 Å². The van der Waals surface area contributed by atoms with Crippen LogP contribution >= 0.6 is 11.8 Å². The molecule has 20 heavy (non-hydrogen) atoms. The zero-order valence-corrected chi connectivity index (χ0v) is 13.3. The number of nitrogens with zero attached hydrogens (tertiary/aromatic N) is 1. The van der Waals surface area contributed by atoms with Gasteiger partial charge in [0.05, 0.1) is 19.1 Å². The van der Waals surface area contributed by atoms with Gasteiger partial charge >= 0.3 is 0 Å². The highest BCUT2D eigenvalue weighted by Gasteiger charge is 2.19. The van der Waals surface area contributed by atoms with E-state index in [9.17, 15) is 10.1 Å². The van der Waals surface area contributed by atoms with Gasteiger partial charge in [0, 0.05) is 29.1 Å². The Morgan fingerprint density at radius 2 is 1.80 bits per heavy atom. The van der Waals surface area contributed by atoms with Crippen molar-refractivity contribution in [1.82, 2.24) is 0 Å². The molecule has 5 nitrogen and oxygen atoms in total. The van der Waals surface area contributed by atoms with Crippen LogP contribution in [0.3, 0.4) is 0 Å². The molecule has 0 N–H and O–H groups in total. The molecule has 0 aliphatic heterocycles. The second-order valence-corrected chi connectivity index (χ2v) is 6.44. The van der Waals surface area contributed by atoms with Crippen LogP contribution in [0.4, 0.5) is 0 Å². The smallest absolute Gasteiger partial charge is 0.214 e. The molecule has 0 fully saturated rings. The number of thioether (sulfide) groups is 1. The Hall–Kier alpha value is -1.43. The van der Waals surface area contributed by atoms with E-state index in [1.807, 2.05) is 12.1 Å². The van der Waals surface area contributed by atoms with Gasteiger partial charge < -0.3 is 9.47 Å². The molecule has 1 atom stereocenters. The first-order chi connectivity index (χ1) is 9.38. The fraction of sp³-hybridized carbons (Fsp3) is 0.571. The van der Waals surface area contributed by atoms with Crippen LogP contribution in [0.1, 0.15) is 26.3 Å². The van der Waals surface area contributed by atoms with Crippen LogP contribution in [-0.4, -0.2) is 30.4 Å². The molecular weight excluding hydrogens is 278 g/mol. The molecule has 0 aliphatic rings. The molecular formula is C14H21NO4S. The molecule has 0 heterocycles. The van der Waals surface area contributed by atoms with Crippen molar-refractivity contribution in [3.8, 4) is 11.5 Å². The van der Waals surface area contributed by atoms with Crippen molar-refractivity contribution in [3.05, 3.63) is 27.8 Å². The minimum absolute atomic E-state index is 0.289. The third-order valence-corrected chi connectivity index (χ3v) is 3.85. The number of hydrogen-bond donors (Lipinski definition) is 0. The van der Waals surface area contributed by atoms with E-state index in [0.29, 0.717) is 17.4 Å². The van der Waals surface area contributed by atoms with E-state index in [0.717, 1.165) is 16.2 Å². The van der Waals surface area contributed by atoms with Crippen molar-refractivity contribution in [2.45, 2.75) is 43.4 Å². The fourth-order valence-electron chi connectivity index (χ4n) is 1.83. The Morgan fingerprint density at radius 3 is 2.25 bits per heavy atom. The van der Waals surface area contributed by atoms with Gasteiger partial charge in [-0.15, -0.1) is 11.8 Å². The predicted octanol–water partition coefficient (Wildman–Crippen LogP) is 3.41. The van der Waals surface area contributed by atoms with Gasteiger partial charge in [-0.2, -0.15) is 0 Å². The summed E-state index contributed by atoms with van der Waals surface area (Å²) in [4.78, 5) is 11.5. The van der Waals surface area contributed by atoms with Gasteiger partial charge in [-0.25, -0.2) is 0 Å². The van der Waals surface area contributed by atoms with Gasteiger partial charge in [0.1, 0.15) is 11.5 Å². The zero-order valence-electron chi connectivity index (χ0n) is 12.5. The number of hydrogen-bond acceptors (Lipinski definition) is 5. The molecule has 1 unspecified atom stereocenters. The highest BCUT2D eigenvalue weighted by Crippen LogP contribution is 2.38. The normalized spacial score (nSPS) is 12.3. The third kappa shape index (κ3) is 4.30. The molecule has 0 aliphatic carbocycles. The summed E-state index contributed by atoms with van der Waals surface area (Å²) in [6.07, 6.45) is 0.319. The van der Waals surface area contributed by atoms with E-state index in [4.69, 9.17) is 9.47 Å². The maximum atomic E-state index is 10.8. The summed E-state index contributed by atoms with van der Waals surface area (Å²) in [5.74, 6) is 1.40. The minimum Gasteiger partial charge on any atom is -0.496 e. The van der Waals surface area contributed by atoms with Crippen LogP contribution in [0.5, 0.6) is 11.5 Å². The Labute approximate surface area is 123 Å². The van der Waals surface area contributed by atoms with Crippen LogP contribution in [-0.2, 0) is 6.42 Å². The van der Waals surface area contributed by atoms with E-state index >= 15 is 0 Å². The molecule has 6 heteroatoms. The highest BCUT2D eigenvalue weighted by molar-refractivity contribution is 8.00. The lowest BCUT2D eigenvalue weighted by Crippen LogP contribution is -2.18.